The number of aryl methyl sites for hydroxylation is 1. The molecule has 1 atom stereocenters. The third-order valence-corrected chi connectivity index (χ3v) is 3.05. The third-order valence-electron chi connectivity index (χ3n) is 3.05. The second kappa shape index (κ2) is 4.77. The summed E-state index contributed by atoms with van der Waals surface area (Å²) in [4.78, 5) is 0. The van der Waals surface area contributed by atoms with Crippen LogP contribution in [0.5, 0.6) is 0 Å². The van der Waals surface area contributed by atoms with Gasteiger partial charge in [0.25, 0.3) is 0 Å². The zero-order valence-corrected chi connectivity index (χ0v) is 9.49. The molecule has 1 aliphatic rings. The molecule has 4 nitrogen and oxygen atoms in total. The third kappa shape index (κ3) is 2.58. The van der Waals surface area contributed by atoms with Crippen LogP contribution in [0.25, 0.3) is 0 Å². The summed E-state index contributed by atoms with van der Waals surface area (Å²) >= 11 is 0. The molecule has 15 heavy (non-hydrogen) atoms. The predicted molar refractivity (Wildman–Crippen MR) is 58.6 cm³/mol. The van der Waals surface area contributed by atoms with E-state index in [1.54, 1.807) is 0 Å². The molecule has 0 aromatic carbocycles. The van der Waals surface area contributed by atoms with Gasteiger partial charge in [0.05, 0.1) is 12.3 Å². The van der Waals surface area contributed by atoms with Crippen molar-refractivity contribution in [2.45, 2.75) is 32.4 Å². The maximum absolute atomic E-state index is 5.54. The van der Waals surface area contributed by atoms with Crippen LogP contribution in [0.15, 0.2) is 6.20 Å². The van der Waals surface area contributed by atoms with Crippen molar-refractivity contribution >= 4 is 0 Å². The van der Waals surface area contributed by atoms with Gasteiger partial charge in [-0.25, -0.2) is 0 Å². The van der Waals surface area contributed by atoms with Gasteiger partial charge in [-0.1, -0.05) is 0 Å². The number of hydrogen-bond donors (Lipinski definition) is 1. The van der Waals surface area contributed by atoms with Crippen molar-refractivity contribution in [3.63, 3.8) is 0 Å². The second-order valence-electron chi connectivity index (χ2n) is 4.14. The van der Waals surface area contributed by atoms with Gasteiger partial charge in [-0.2, -0.15) is 5.10 Å². The van der Waals surface area contributed by atoms with Crippen LogP contribution in [0, 0.1) is 6.92 Å². The Balaban J connectivity index is 1.75. The molecule has 4 heteroatoms. The quantitative estimate of drug-likeness (QED) is 0.804. The van der Waals surface area contributed by atoms with E-state index in [4.69, 9.17) is 4.74 Å². The number of nitrogens with one attached hydrogen (secondary N) is 1. The van der Waals surface area contributed by atoms with Gasteiger partial charge in [0, 0.05) is 38.0 Å². The molecule has 0 spiro atoms. The molecule has 1 fully saturated rings. The average Bonchev–Trinajstić information content (AvgIpc) is 2.83. The highest BCUT2D eigenvalue weighted by Gasteiger charge is 2.14. The highest BCUT2D eigenvalue weighted by atomic mass is 16.5. The fourth-order valence-electron chi connectivity index (χ4n) is 1.89. The van der Waals surface area contributed by atoms with E-state index < -0.39 is 0 Å². The highest BCUT2D eigenvalue weighted by molar-refractivity contribution is 5.15. The van der Waals surface area contributed by atoms with E-state index in [0.717, 1.165) is 19.7 Å². The minimum atomic E-state index is 0.418. The van der Waals surface area contributed by atoms with Gasteiger partial charge in [0.1, 0.15) is 0 Å². The lowest BCUT2D eigenvalue weighted by molar-refractivity contribution is 0.110. The summed E-state index contributed by atoms with van der Waals surface area (Å²) in [7, 11) is 1.97. The summed E-state index contributed by atoms with van der Waals surface area (Å²) in [5.74, 6) is 0. The smallest absolute Gasteiger partial charge is 0.0700 e. The van der Waals surface area contributed by atoms with Gasteiger partial charge >= 0.3 is 0 Å². The number of ether oxygens (including phenoxy) is 1. The van der Waals surface area contributed by atoms with Crippen LogP contribution in [0.1, 0.15) is 24.1 Å². The van der Waals surface area contributed by atoms with Crippen LogP contribution in [-0.2, 0) is 18.3 Å². The monoisotopic (exact) mass is 209 g/mol. The van der Waals surface area contributed by atoms with E-state index in [1.807, 2.05) is 17.9 Å². The average molecular weight is 209 g/mol. The summed E-state index contributed by atoms with van der Waals surface area (Å²) in [6.45, 7) is 4.86. The minimum Gasteiger partial charge on any atom is -0.377 e. The number of rotatable bonds is 4. The van der Waals surface area contributed by atoms with Crippen molar-refractivity contribution in [1.29, 1.82) is 0 Å². The predicted octanol–water partition coefficient (Wildman–Crippen LogP) is 0.997. The lowest BCUT2D eigenvalue weighted by atomic mass is 10.2. The Bertz CT molecular complexity index is 316. The molecule has 0 amide bonds. The first-order valence-corrected chi connectivity index (χ1v) is 5.57. The molecule has 0 bridgehead atoms. The van der Waals surface area contributed by atoms with Crippen LogP contribution >= 0.6 is 0 Å². The van der Waals surface area contributed by atoms with Gasteiger partial charge in [-0.05, 0) is 19.8 Å². The molecule has 1 aromatic rings. The minimum absolute atomic E-state index is 0.418. The molecule has 0 saturated carbocycles. The molecule has 2 heterocycles. The van der Waals surface area contributed by atoms with Gasteiger partial charge in [0.2, 0.25) is 0 Å². The zero-order valence-electron chi connectivity index (χ0n) is 9.49. The Labute approximate surface area is 90.6 Å². The van der Waals surface area contributed by atoms with Crippen LogP contribution < -0.4 is 5.32 Å². The zero-order chi connectivity index (χ0) is 10.7. The molecule has 0 radical (unpaired) electrons. The Morgan fingerprint density at radius 2 is 2.53 bits per heavy atom. The molecular formula is C11H19N3O. The van der Waals surface area contributed by atoms with E-state index in [-0.39, 0.29) is 0 Å². The summed E-state index contributed by atoms with van der Waals surface area (Å²) in [5.41, 5.74) is 2.50. The number of aromatic nitrogens is 2. The fraction of sp³-hybridized carbons (Fsp3) is 0.727. The fourth-order valence-corrected chi connectivity index (χ4v) is 1.89. The molecule has 1 saturated heterocycles. The lowest BCUT2D eigenvalue weighted by Crippen LogP contribution is -2.25. The van der Waals surface area contributed by atoms with Gasteiger partial charge in [-0.15, -0.1) is 0 Å². The lowest BCUT2D eigenvalue weighted by Gasteiger charge is -2.10. The Morgan fingerprint density at radius 1 is 1.67 bits per heavy atom. The van der Waals surface area contributed by atoms with Gasteiger partial charge in [0.15, 0.2) is 0 Å². The normalized spacial score (nSPS) is 21.1. The summed E-state index contributed by atoms with van der Waals surface area (Å²) < 4.78 is 7.45. The van der Waals surface area contributed by atoms with Crippen molar-refractivity contribution in [2.75, 3.05) is 13.2 Å². The first kappa shape index (κ1) is 10.6. The molecule has 0 unspecified atom stereocenters. The largest absolute Gasteiger partial charge is 0.377 e. The van der Waals surface area contributed by atoms with E-state index in [0.29, 0.717) is 6.10 Å². The van der Waals surface area contributed by atoms with E-state index >= 15 is 0 Å². The number of hydrogen-bond acceptors (Lipinski definition) is 3. The van der Waals surface area contributed by atoms with Crippen LogP contribution in [0.2, 0.25) is 0 Å². The van der Waals surface area contributed by atoms with Crippen molar-refractivity contribution in [3.05, 3.63) is 17.5 Å². The first-order chi connectivity index (χ1) is 7.27. The van der Waals surface area contributed by atoms with Crippen molar-refractivity contribution < 1.29 is 4.74 Å². The molecule has 1 N–H and O–H groups in total. The molecule has 84 valence electrons. The topological polar surface area (TPSA) is 39.1 Å². The number of nitrogens with zero attached hydrogens (tertiary/aromatic N) is 2. The van der Waals surface area contributed by atoms with Crippen molar-refractivity contribution in [3.8, 4) is 0 Å². The van der Waals surface area contributed by atoms with Crippen molar-refractivity contribution in [2.24, 2.45) is 7.05 Å². The van der Waals surface area contributed by atoms with Crippen LogP contribution in [-0.4, -0.2) is 29.0 Å². The van der Waals surface area contributed by atoms with Crippen LogP contribution in [0.3, 0.4) is 0 Å². The Morgan fingerprint density at radius 3 is 3.13 bits per heavy atom. The summed E-state index contributed by atoms with van der Waals surface area (Å²) in [6.07, 6.45) is 4.75. The Hall–Kier alpha value is -0.870. The molecular weight excluding hydrogens is 190 g/mol. The molecule has 2 rings (SSSR count). The SMILES string of the molecule is Cc1c(CNC[C@@H]2CCCO2)cnn1C. The summed E-state index contributed by atoms with van der Waals surface area (Å²) in [6, 6.07) is 0. The van der Waals surface area contributed by atoms with Crippen LogP contribution in [0.4, 0.5) is 0 Å². The second-order valence-corrected chi connectivity index (χ2v) is 4.14. The molecule has 0 aliphatic carbocycles. The van der Waals surface area contributed by atoms with Gasteiger partial charge in [-0.3, -0.25) is 4.68 Å². The molecule has 1 aliphatic heterocycles. The van der Waals surface area contributed by atoms with Gasteiger partial charge < -0.3 is 10.1 Å². The van der Waals surface area contributed by atoms with E-state index in [2.05, 4.69) is 17.3 Å². The van der Waals surface area contributed by atoms with E-state index in [9.17, 15) is 0 Å². The van der Waals surface area contributed by atoms with E-state index in [1.165, 1.54) is 24.1 Å². The Kier molecular flexibility index (Phi) is 3.38. The maximum Gasteiger partial charge on any atom is 0.0700 e. The molecule has 1 aromatic heterocycles. The highest BCUT2D eigenvalue weighted by Crippen LogP contribution is 2.11. The maximum atomic E-state index is 5.54. The standard InChI is InChI=1S/C11H19N3O/c1-9-10(7-13-14(9)2)6-12-8-11-4-3-5-15-11/h7,11-12H,3-6,8H2,1-2H3/t11-/m0/s1. The van der Waals surface area contributed by atoms with Crippen molar-refractivity contribution in [1.82, 2.24) is 15.1 Å². The summed E-state index contributed by atoms with van der Waals surface area (Å²) in [5, 5.41) is 7.63. The first-order valence-electron chi connectivity index (χ1n) is 5.57.